The molecule has 180 valence electrons. The van der Waals surface area contributed by atoms with Gasteiger partial charge in [0.05, 0.1) is 32.4 Å². The Balaban J connectivity index is 1.72. The van der Waals surface area contributed by atoms with Crippen molar-refractivity contribution in [2.75, 3.05) is 46.3 Å². The number of imidazole rings is 1. The molecule has 3 aromatic rings. The zero-order chi connectivity index (χ0) is 24.1. The molecule has 0 unspecified atom stereocenters. The highest BCUT2D eigenvalue weighted by Crippen LogP contribution is 2.40. The maximum atomic E-state index is 13.1. The Morgan fingerprint density at radius 3 is 2.47 bits per heavy atom. The molecule has 2 heterocycles. The Kier molecular flexibility index (Phi) is 7.22. The molecule has 0 fully saturated rings. The smallest absolute Gasteiger partial charge is 0.254 e. The number of nitrogens with two attached hydrogens (primary N) is 1. The van der Waals surface area contributed by atoms with E-state index in [0.717, 1.165) is 36.1 Å². The number of fused-ring (bicyclic) bond motifs is 1. The second kappa shape index (κ2) is 10.5. The average molecular weight is 466 g/mol. The van der Waals surface area contributed by atoms with E-state index in [1.165, 1.54) is 0 Å². The van der Waals surface area contributed by atoms with Crippen LogP contribution in [0, 0.1) is 0 Å². The van der Waals surface area contributed by atoms with Crippen molar-refractivity contribution in [2.24, 2.45) is 5.73 Å². The molecule has 1 amide bonds. The van der Waals surface area contributed by atoms with Gasteiger partial charge in [-0.3, -0.25) is 4.79 Å². The van der Waals surface area contributed by atoms with Crippen molar-refractivity contribution in [1.29, 1.82) is 0 Å². The van der Waals surface area contributed by atoms with E-state index in [1.54, 1.807) is 21.3 Å². The van der Waals surface area contributed by atoms with Crippen molar-refractivity contribution in [3.05, 3.63) is 48.0 Å². The van der Waals surface area contributed by atoms with Gasteiger partial charge in [0.15, 0.2) is 11.5 Å². The number of hydrogen-bond acceptors (Lipinski definition) is 7. The molecule has 34 heavy (non-hydrogen) atoms. The Hall–Kier alpha value is -3.72. The van der Waals surface area contributed by atoms with E-state index in [-0.39, 0.29) is 5.91 Å². The highest BCUT2D eigenvalue weighted by atomic mass is 16.5. The van der Waals surface area contributed by atoms with Gasteiger partial charge in [-0.05, 0) is 37.6 Å². The van der Waals surface area contributed by atoms with Gasteiger partial charge in [0.25, 0.3) is 5.91 Å². The largest absolute Gasteiger partial charge is 0.493 e. The van der Waals surface area contributed by atoms with E-state index in [2.05, 4.69) is 16.0 Å². The normalized spacial score (nSPS) is 13.2. The van der Waals surface area contributed by atoms with Gasteiger partial charge < -0.3 is 34.7 Å². The van der Waals surface area contributed by atoms with Crippen molar-refractivity contribution in [2.45, 2.75) is 19.4 Å². The number of aromatic nitrogens is 2. The fraction of sp³-hybridized carbons (Fsp3) is 0.360. The number of hydrogen-bond donors (Lipinski definition) is 2. The minimum absolute atomic E-state index is 0.0250. The van der Waals surface area contributed by atoms with Crippen LogP contribution in [0.4, 0.5) is 11.6 Å². The summed E-state index contributed by atoms with van der Waals surface area (Å²) < 4.78 is 18.4. The molecule has 1 aliphatic heterocycles. The van der Waals surface area contributed by atoms with Gasteiger partial charge in [-0.2, -0.15) is 0 Å². The van der Waals surface area contributed by atoms with Gasteiger partial charge in [0.1, 0.15) is 0 Å². The first-order chi connectivity index (χ1) is 16.6. The number of nitrogens with zero attached hydrogens (tertiary/aromatic N) is 3. The van der Waals surface area contributed by atoms with Crippen LogP contribution in [0.5, 0.6) is 17.2 Å². The van der Waals surface area contributed by atoms with Crippen LogP contribution in [-0.4, -0.2) is 61.3 Å². The summed E-state index contributed by atoms with van der Waals surface area (Å²) in [5, 5.41) is 3.37. The van der Waals surface area contributed by atoms with Gasteiger partial charge in [-0.1, -0.05) is 12.2 Å². The Labute approximate surface area is 199 Å². The average Bonchev–Trinajstić information content (AvgIpc) is 3.22. The summed E-state index contributed by atoms with van der Waals surface area (Å²) in [6, 6.07) is 9.30. The van der Waals surface area contributed by atoms with Gasteiger partial charge in [-0.15, -0.1) is 0 Å². The summed E-state index contributed by atoms with van der Waals surface area (Å²) in [6.07, 6.45) is 5.79. The molecule has 1 aromatic heterocycles. The second-order valence-corrected chi connectivity index (χ2v) is 7.98. The lowest BCUT2D eigenvalue weighted by atomic mass is 10.1. The maximum absolute atomic E-state index is 13.1. The summed E-state index contributed by atoms with van der Waals surface area (Å²) in [4.78, 5) is 19.7. The summed E-state index contributed by atoms with van der Waals surface area (Å²) >= 11 is 0. The zero-order valence-corrected chi connectivity index (χ0v) is 19.8. The number of anilines is 2. The van der Waals surface area contributed by atoms with Crippen molar-refractivity contribution < 1.29 is 19.0 Å². The van der Waals surface area contributed by atoms with Crippen LogP contribution in [0.3, 0.4) is 0 Å². The summed E-state index contributed by atoms with van der Waals surface area (Å²) in [5.74, 6) is 2.26. The molecule has 9 nitrogen and oxygen atoms in total. The third kappa shape index (κ3) is 4.65. The molecule has 2 aromatic carbocycles. The SMILES string of the molecule is COc1cc(Nc2nc3ccc(C(=O)N4CC=CCC4)cc3n2CCCN)cc(OC)c1OC. The monoisotopic (exact) mass is 465 g/mol. The van der Waals surface area contributed by atoms with E-state index in [1.807, 2.05) is 41.3 Å². The molecule has 0 bridgehead atoms. The molecule has 0 atom stereocenters. The third-order valence-corrected chi connectivity index (χ3v) is 5.85. The molecule has 0 radical (unpaired) electrons. The standard InChI is InChI=1S/C25H31N5O4/c1-32-21-15-18(16-22(33-2)23(21)34-3)27-25-28-19-9-8-17(14-20(19)30(25)13-7-10-26)24(31)29-11-5-4-6-12-29/h4-5,8-9,14-16H,6-7,10-13,26H2,1-3H3,(H,27,28). The summed E-state index contributed by atoms with van der Waals surface area (Å²) in [6.45, 7) is 2.57. The summed E-state index contributed by atoms with van der Waals surface area (Å²) in [7, 11) is 4.72. The molecule has 0 aliphatic carbocycles. The van der Waals surface area contributed by atoms with E-state index in [4.69, 9.17) is 24.9 Å². The molecule has 9 heteroatoms. The first kappa shape index (κ1) is 23.4. The van der Waals surface area contributed by atoms with Gasteiger partial charge >= 0.3 is 0 Å². The number of methoxy groups -OCH3 is 3. The van der Waals surface area contributed by atoms with Gasteiger partial charge in [-0.25, -0.2) is 4.98 Å². The molecular formula is C25H31N5O4. The Morgan fingerprint density at radius 1 is 1.09 bits per heavy atom. The lowest BCUT2D eigenvalue weighted by Crippen LogP contribution is -2.33. The third-order valence-electron chi connectivity index (χ3n) is 5.85. The summed E-state index contributed by atoms with van der Waals surface area (Å²) in [5.41, 5.74) is 8.86. The second-order valence-electron chi connectivity index (χ2n) is 7.98. The fourth-order valence-corrected chi connectivity index (χ4v) is 4.12. The Morgan fingerprint density at radius 2 is 1.85 bits per heavy atom. The highest BCUT2D eigenvalue weighted by Gasteiger charge is 2.20. The van der Waals surface area contributed by atoms with Crippen LogP contribution in [0.2, 0.25) is 0 Å². The van der Waals surface area contributed by atoms with Crippen LogP contribution in [0.15, 0.2) is 42.5 Å². The first-order valence-electron chi connectivity index (χ1n) is 11.3. The lowest BCUT2D eigenvalue weighted by Gasteiger charge is -2.23. The molecule has 0 saturated carbocycles. The van der Waals surface area contributed by atoms with Crippen LogP contribution < -0.4 is 25.3 Å². The lowest BCUT2D eigenvalue weighted by molar-refractivity contribution is 0.0771. The molecule has 4 rings (SSSR count). The van der Waals surface area contributed by atoms with Crippen molar-refractivity contribution in [1.82, 2.24) is 14.5 Å². The predicted molar refractivity (Wildman–Crippen MR) is 132 cm³/mol. The van der Waals surface area contributed by atoms with Crippen molar-refractivity contribution >= 4 is 28.6 Å². The topological polar surface area (TPSA) is 104 Å². The predicted octanol–water partition coefficient (Wildman–Crippen LogP) is 3.56. The number of ether oxygens (including phenoxy) is 3. The Bertz CT molecular complexity index is 1180. The molecule has 0 saturated heterocycles. The number of benzene rings is 2. The minimum Gasteiger partial charge on any atom is -0.493 e. The van der Waals surface area contributed by atoms with E-state index < -0.39 is 0 Å². The van der Waals surface area contributed by atoms with Crippen LogP contribution in [0.25, 0.3) is 11.0 Å². The van der Waals surface area contributed by atoms with E-state index in [9.17, 15) is 4.79 Å². The van der Waals surface area contributed by atoms with Gasteiger partial charge in [0, 0.05) is 43.0 Å². The first-order valence-corrected chi connectivity index (χ1v) is 11.3. The van der Waals surface area contributed by atoms with E-state index in [0.29, 0.717) is 48.4 Å². The number of aryl methyl sites for hydroxylation is 1. The van der Waals surface area contributed by atoms with Crippen LogP contribution in [-0.2, 0) is 6.54 Å². The van der Waals surface area contributed by atoms with E-state index >= 15 is 0 Å². The quantitative estimate of drug-likeness (QED) is 0.466. The minimum atomic E-state index is 0.0250. The fourth-order valence-electron chi connectivity index (χ4n) is 4.12. The van der Waals surface area contributed by atoms with Crippen LogP contribution in [0.1, 0.15) is 23.2 Å². The zero-order valence-electron chi connectivity index (χ0n) is 19.8. The van der Waals surface area contributed by atoms with Crippen molar-refractivity contribution in [3.63, 3.8) is 0 Å². The molecule has 1 aliphatic rings. The molecular weight excluding hydrogens is 434 g/mol. The van der Waals surface area contributed by atoms with Crippen LogP contribution >= 0.6 is 0 Å². The maximum Gasteiger partial charge on any atom is 0.254 e. The van der Waals surface area contributed by atoms with Crippen molar-refractivity contribution in [3.8, 4) is 17.2 Å². The number of amides is 1. The number of carbonyl (C=O) groups excluding carboxylic acids is 1. The molecule has 0 spiro atoms. The number of rotatable bonds is 9. The number of carbonyl (C=O) groups is 1. The van der Waals surface area contributed by atoms with Gasteiger partial charge in [0.2, 0.25) is 11.7 Å². The molecule has 3 N–H and O–H groups in total. The number of nitrogens with one attached hydrogen (secondary N) is 1. The highest BCUT2D eigenvalue weighted by molar-refractivity contribution is 5.98.